The quantitative estimate of drug-likeness (QED) is 0.267. The predicted octanol–water partition coefficient (Wildman–Crippen LogP) is 6.22. The maximum absolute atomic E-state index is 12.8. The maximum Gasteiger partial charge on any atom is 0.343 e. The third-order valence-corrected chi connectivity index (χ3v) is 5.34. The number of carbonyl (C=O) groups is 2. The van der Waals surface area contributed by atoms with Crippen LogP contribution in [0.15, 0.2) is 72.5 Å². The highest BCUT2D eigenvalue weighted by Gasteiger charge is 2.28. The van der Waals surface area contributed by atoms with E-state index in [2.05, 4.69) is 20.8 Å². The van der Waals surface area contributed by atoms with Gasteiger partial charge in [0.25, 0.3) is 0 Å². The van der Waals surface area contributed by atoms with Gasteiger partial charge in [0.2, 0.25) is 5.78 Å². The summed E-state index contributed by atoms with van der Waals surface area (Å²) in [5, 5.41) is 0. The van der Waals surface area contributed by atoms with Gasteiger partial charge in [0.05, 0.1) is 17.7 Å². The summed E-state index contributed by atoms with van der Waals surface area (Å²) >= 11 is 0. The lowest BCUT2D eigenvalue weighted by molar-refractivity contribution is 0.0734. The molecule has 168 valence electrons. The Labute approximate surface area is 193 Å². The molecule has 3 aromatic carbocycles. The molecule has 0 atom stereocenters. The van der Waals surface area contributed by atoms with Crippen LogP contribution in [0.1, 0.15) is 59.5 Å². The summed E-state index contributed by atoms with van der Waals surface area (Å²) in [6, 6.07) is 19.6. The average Bonchev–Trinajstić information content (AvgIpc) is 3.09. The first-order valence-corrected chi connectivity index (χ1v) is 10.9. The Kier molecular flexibility index (Phi) is 6.05. The van der Waals surface area contributed by atoms with Crippen molar-refractivity contribution in [3.63, 3.8) is 0 Å². The van der Waals surface area contributed by atoms with Crippen LogP contribution in [-0.2, 0) is 5.41 Å². The van der Waals surface area contributed by atoms with Crippen molar-refractivity contribution in [1.82, 2.24) is 0 Å². The first kappa shape index (κ1) is 22.3. The van der Waals surface area contributed by atoms with E-state index in [1.165, 1.54) is 0 Å². The Morgan fingerprint density at radius 2 is 1.73 bits per heavy atom. The van der Waals surface area contributed by atoms with E-state index in [0.717, 1.165) is 11.1 Å². The van der Waals surface area contributed by atoms with Crippen molar-refractivity contribution in [3.8, 4) is 17.2 Å². The number of ether oxygens (including phenoxy) is 3. The molecule has 0 radical (unpaired) electrons. The first-order valence-electron chi connectivity index (χ1n) is 10.9. The highest BCUT2D eigenvalue weighted by Crippen LogP contribution is 2.36. The van der Waals surface area contributed by atoms with Gasteiger partial charge in [-0.3, -0.25) is 4.79 Å². The standard InChI is InChI=1S/C28H26O5/c1-5-31-23-9-7-6-8-19(23)16-25-26(29)22-15-14-21(17-24(22)33-25)32-27(30)18-10-12-20(13-11-18)28(2,3)4/h6-17H,5H2,1-4H3. The van der Waals surface area contributed by atoms with Gasteiger partial charge in [0.1, 0.15) is 17.2 Å². The zero-order valence-corrected chi connectivity index (χ0v) is 19.2. The van der Waals surface area contributed by atoms with Crippen LogP contribution in [0.25, 0.3) is 6.08 Å². The van der Waals surface area contributed by atoms with Crippen molar-refractivity contribution in [3.05, 3.63) is 94.7 Å². The summed E-state index contributed by atoms with van der Waals surface area (Å²) in [4.78, 5) is 25.4. The lowest BCUT2D eigenvalue weighted by Crippen LogP contribution is -2.12. The van der Waals surface area contributed by atoms with Crippen LogP contribution in [0.4, 0.5) is 0 Å². The van der Waals surface area contributed by atoms with Gasteiger partial charge in [-0.1, -0.05) is 51.1 Å². The second kappa shape index (κ2) is 8.94. The van der Waals surface area contributed by atoms with Gasteiger partial charge in [-0.25, -0.2) is 4.79 Å². The van der Waals surface area contributed by atoms with Crippen molar-refractivity contribution < 1.29 is 23.8 Å². The van der Waals surface area contributed by atoms with Gasteiger partial charge < -0.3 is 14.2 Å². The van der Waals surface area contributed by atoms with E-state index in [4.69, 9.17) is 14.2 Å². The maximum atomic E-state index is 12.8. The molecule has 3 aromatic rings. The summed E-state index contributed by atoms with van der Waals surface area (Å²) in [6.07, 6.45) is 1.66. The fraction of sp³-hybridized carbons (Fsp3) is 0.214. The lowest BCUT2D eigenvalue weighted by atomic mass is 9.87. The number of rotatable bonds is 5. The third-order valence-electron chi connectivity index (χ3n) is 5.34. The molecule has 0 amide bonds. The average molecular weight is 443 g/mol. The highest BCUT2D eigenvalue weighted by molar-refractivity contribution is 6.14. The summed E-state index contributed by atoms with van der Waals surface area (Å²) in [7, 11) is 0. The molecular formula is C28H26O5. The molecule has 5 heteroatoms. The number of fused-ring (bicyclic) bond motifs is 1. The topological polar surface area (TPSA) is 61.8 Å². The number of para-hydroxylation sites is 1. The van der Waals surface area contributed by atoms with Crippen molar-refractivity contribution in [2.45, 2.75) is 33.1 Å². The van der Waals surface area contributed by atoms with E-state index in [1.807, 2.05) is 43.3 Å². The van der Waals surface area contributed by atoms with Gasteiger partial charge in [-0.2, -0.15) is 0 Å². The molecule has 5 nitrogen and oxygen atoms in total. The molecule has 0 N–H and O–H groups in total. The monoisotopic (exact) mass is 442 g/mol. The number of esters is 1. The van der Waals surface area contributed by atoms with Gasteiger partial charge in [0, 0.05) is 11.6 Å². The van der Waals surface area contributed by atoms with Crippen LogP contribution in [-0.4, -0.2) is 18.4 Å². The van der Waals surface area contributed by atoms with E-state index in [-0.39, 0.29) is 17.0 Å². The van der Waals surface area contributed by atoms with Crippen LogP contribution in [0.5, 0.6) is 17.2 Å². The number of hydrogen-bond donors (Lipinski definition) is 0. The second-order valence-electron chi connectivity index (χ2n) is 8.79. The zero-order chi connectivity index (χ0) is 23.6. The van der Waals surface area contributed by atoms with Crippen LogP contribution in [0, 0.1) is 0 Å². The Bertz CT molecular complexity index is 1230. The number of allylic oxidation sites excluding steroid dienone is 1. The molecule has 0 saturated heterocycles. The minimum atomic E-state index is -0.471. The van der Waals surface area contributed by atoms with Gasteiger partial charge in [-0.15, -0.1) is 0 Å². The normalized spacial score (nSPS) is 14.1. The minimum absolute atomic E-state index is 0.000693. The van der Waals surface area contributed by atoms with Crippen molar-refractivity contribution in [1.29, 1.82) is 0 Å². The molecule has 1 heterocycles. The number of hydrogen-bond acceptors (Lipinski definition) is 5. The van der Waals surface area contributed by atoms with E-state index >= 15 is 0 Å². The first-order chi connectivity index (χ1) is 15.8. The van der Waals surface area contributed by atoms with Gasteiger partial charge in [0.15, 0.2) is 5.76 Å². The lowest BCUT2D eigenvalue weighted by Gasteiger charge is -2.18. The summed E-state index contributed by atoms with van der Waals surface area (Å²) in [6.45, 7) is 8.76. The molecule has 1 aliphatic heterocycles. The number of benzene rings is 3. The molecule has 0 spiro atoms. The molecule has 0 fully saturated rings. The number of ketones is 1. The van der Waals surface area contributed by atoms with Crippen molar-refractivity contribution >= 4 is 17.8 Å². The molecule has 0 aliphatic carbocycles. The molecule has 0 bridgehead atoms. The smallest absolute Gasteiger partial charge is 0.343 e. The van der Waals surface area contributed by atoms with Gasteiger partial charge >= 0.3 is 5.97 Å². The van der Waals surface area contributed by atoms with Crippen LogP contribution in [0.2, 0.25) is 0 Å². The second-order valence-corrected chi connectivity index (χ2v) is 8.79. The SMILES string of the molecule is CCOc1ccccc1C=C1Oc2cc(OC(=O)c3ccc(C(C)(C)C)cc3)ccc2C1=O. The van der Waals surface area contributed by atoms with Crippen LogP contribution < -0.4 is 14.2 Å². The van der Waals surface area contributed by atoms with E-state index < -0.39 is 5.97 Å². The fourth-order valence-corrected chi connectivity index (χ4v) is 3.53. The van der Waals surface area contributed by atoms with Gasteiger partial charge in [-0.05, 0) is 54.3 Å². The molecule has 4 rings (SSSR count). The van der Waals surface area contributed by atoms with Crippen LogP contribution in [0.3, 0.4) is 0 Å². The molecule has 0 saturated carbocycles. The fourth-order valence-electron chi connectivity index (χ4n) is 3.53. The van der Waals surface area contributed by atoms with Crippen molar-refractivity contribution in [2.75, 3.05) is 6.61 Å². The third kappa shape index (κ3) is 4.82. The Morgan fingerprint density at radius 3 is 2.42 bits per heavy atom. The Morgan fingerprint density at radius 1 is 1.00 bits per heavy atom. The Hall–Kier alpha value is -3.86. The molecule has 0 unspecified atom stereocenters. The summed E-state index contributed by atoms with van der Waals surface area (Å²) in [5.41, 5.74) is 2.76. The molecule has 0 aromatic heterocycles. The van der Waals surface area contributed by atoms with Crippen LogP contribution >= 0.6 is 0 Å². The molecule has 33 heavy (non-hydrogen) atoms. The largest absolute Gasteiger partial charge is 0.493 e. The van der Waals surface area contributed by atoms with E-state index in [1.54, 1.807) is 36.4 Å². The molecule has 1 aliphatic rings. The van der Waals surface area contributed by atoms with E-state index in [9.17, 15) is 9.59 Å². The Balaban J connectivity index is 1.52. The minimum Gasteiger partial charge on any atom is -0.493 e. The molecular weight excluding hydrogens is 416 g/mol. The predicted molar refractivity (Wildman–Crippen MR) is 127 cm³/mol. The van der Waals surface area contributed by atoms with E-state index in [0.29, 0.717) is 35.0 Å². The number of carbonyl (C=O) groups excluding carboxylic acids is 2. The number of Topliss-reactive ketones (excluding diaryl/α,β-unsaturated/α-hetero) is 1. The highest BCUT2D eigenvalue weighted by atomic mass is 16.5. The summed E-state index contributed by atoms with van der Waals surface area (Å²) < 4.78 is 16.9. The van der Waals surface area contributed by atoms with Crippen molar-refractivity contribution in [2.24, 2.45) is 0 Å². The summed E-state index contributed by atoms with van der Waals surface area (Å²) in [5.74, 6) is 0.828. The zero-order valence-electron chi connectivity index (χ0n) is 19.2.